The van der Waals surface area contributed by atoms with Gasteiger partial charge in [0, 0.05) is 31.1 Å². The molecule has 0 unspecified atom stereocenters. The van der Waals surface area contributed by atoms with Gasteiger partial charge in [0.15, 0.2) is 5.57 Å². The number of rotatable bonds is 2. The van der Waals surface area contributed by atoms with Crippen LogP contribution in [0.1, 0.15) is 13.8 Å². The molecule has 1 N–H and O–H groups in total. The lowest BCUT2D eigenvalue weighted by molar-refractivity contribution is -0.222. The van der Waals surface area contributed by atoms with Crippen LogP contribution >= 0.6 is 0 Å². The first kappa shape index (κ1) is 15.0. The molecule has 2 aromatic rings. The van der Waals surface area contributed by atoms with Gasteiger partial charge in [0.1, 0.15) is 5.82 Å². The van der Waals surface area contributed by atoms with Crippen molar-refractivity contribution in [3.05, 3.63) is 48.1 Å². The molecular formula is C16H13FN2O4. The number of carbonyl (C=O) groups is 2. The second-order valence-corrected chi connectivity index (χ2v) is 5.44. The number of halogens is 1. The average molecular weight is 316 g/mol. The van der Waals surface area contributed by atoms with Crippen LogP contribution in [0.15, 0.2) is 42.2 Å². The van der Waals surface area contributed by atoms with E-state index in [0.717, 1.165) is 6.20 Å². The van der Waals surface area contributed by atoms with Crippen molar-refractivity contribution >= 4 is 28.5 Å². The maximum Gasteiger partial charge on any atom is 0.350 e. The van der Waals surface area contributed by atoms with E-state index in [2.05, 4.69) is 10.3 Å². The first-order valence-corrected chi connectivity index (χ1v) is 6.83. The standard InChI is InChI=1S/C16H13FN2O4/c1-16(2)22-14(20)12(15(21)23-16)8-18-11-4-3-9-5-10(17)7-19-13(9)6-11/h3-8,18H,1-2H3. The van der Waals surface area contributed by atoms with Crippen LogP contribution in [0.3, 0.4) is 0 Å². The fourth-order valence-electron chi connectivity index (χ4n) is 2.12. The first-order valence-electron chi connectivity index (χ1n) is 6.83. The van der Waals surface area contributed by atoms with E-state index in [9.17, 15) is 14.0 Å². The molecule has 0 saturated carbocycles. The summed E-state index contributed by atoms with van der Waals surface area (Å²) in [5.74, 6) is -3.22. The number of ether oxygens (including phenoxy) is 2. The molecule has 1 aromatic carbocycles. The van der Waals surface area contributed by atoms with Crippen molar-refractivity contribution in [1.29, 1.82) is 0 Å². The monoisotopic (exact) mass is 316 g/mol. The lowest BCUT2D eigenvalue weighted by atomic mass is 10.2. The minimum atomic E-state index is -1.28. The number of pyridine rings is 1. The number of carbonyl (C=O) groups excluding carboxylic acids is 2. The smallest absolute Gasteiger partial charge is 0.350 e. The van der Waals surface area contributed by atoms with Crippen LogP contribution in [-0.4, -0.2) is 22.7 Å². The van der Waals surface area contributed by atoms with Crippen LogP contribution in [0, 0.1) is 5.82 Å². The van der Waals surface area contributed by atoms with Gasteiger partial charge in [0.2, 0.25) is 0 Å². The Hall–Kier alpha value is -2.96. The molecule has 0 atom stereocenters. The molecule has 1 aliphatic rings. The summed E-state index contributed by atoms with van der Waals surface area (Å²) in [5, 5.41) is 3.45. The Balaban J connectivity index is 1.83. The van der Waals surface area contributed by atoms with Crippen molar-refractivity contribution in [2.45, 2.75) is 19.6 Å². The van der Waals surface area contributed by atoms with Crippen LogP contribution in [0.25, 0.3) is 10.9 Å². The summed E-state index contributed by atoms with van der Waals surface area (Å²) in [6.45, 7) is 2.95. The van der Waals surface area contributed by atoms with E-state index < -0.39 is 23.5 Å². The minimum Gasteiger partial charge on any atom is -0.419 e. The SMILES string of the molecule is CC1(C)OC(=O)C(=CNc2ccc3cc(F)cnc3c2)C(=O)O1. The van der Waals surface area contributed by atoms with Gasteiger partial charge in [0.05, 0.1) is 11.7 Å². The van der Waals surface area contributed by atoms with E-state index >= 15 is 0 Å². The molecule has 6 nitrogen and oxygen atoms in total. The second-order valence-electron chi connectivity index (χ2n) is 5.44. The molecule has 0 amide bonds. The van der Waals surface area contributed by atoms with Gasteiger partial charge >= 0.3 is 11.9 Å². The average Bonchev–Trinajstić information content (AvgIpc) is 2.45. The zero-order valence-electron chi connectivity index (χ0n) is 12.4. The molecular weight excluding hydrogens is 303 g/mol. The number of hydrogen-bond acceptors (Lipinski definition) is 6. The third-order valence-electron chi connectivity index (χ3n) is 3.15. The molecule has 1 saturated heterocycles. The van der Waals surface area contributed by atoms with Gasteiger partial charge in [0.25, 0.3) is 5.79 Å². The van der Waals surface area contributed by atoms with Gasteiger partial charge < -0.3 is 14.8 Å². The lowest BCUT2D eigenvalue weighted by Crippen LogP contribution is -2.42. The number of nitrogens with zero attached hydrogens (tertiary/aromatic N) is 1. The molecule has 2 heterocycles. The Morgan fingerprint density at radius 2 is 1.87 bits per heavy atom. The van der Waals surface area contributed by atoms with Gasteiger partial charge in [-0.05, 0) is 18.2 Å². The number of esters is 2. The topological polar surface area (TPSA) is 77.5 Å². The lowest BCUT2D eigenvalue weighted by Gasteiger charge is -2.29. The number of fused-ring (bicyclic) bond motifs is 1. The van der Waals surface area contributed by atoms with Crippen molar-refractivity contribution in [2.75, 3.05) is 5.32 Å². The maximum atomic E-state index is 13.1. The van der Waals surface area contributed by atoms with E-state index in [1.54, 1.807) is 18.2 Å². The molecule has 0 radical (unpaired) electrons. The van der Waals surface area contributed by atoms with Crippen molar-refractivity contribution in [2.24, 2.45) is 0 Å². The highest BCUT2D eigenvalue weighted by Crippen LogP contribution is 2.23. The zero-order chi connectivity index (χ0) is 16.6. The molecule has 118 valence electrons. The quantitative estimate of drug-likeness (QED) is 0.521. The van der Waals surface area contributed by atoms with Crippen molar-refractivity contribution in [3.63, 3.8) is 0 Å². The Kier molecular flexibility index (Phi) is 3.48. The summed E-state index contributed by atoms with van der Waals surface area (Å²) < 4.78 is 23.1. The van der Waals surface area contributed by atoms with Crippen LogP contribution < -0.4 is 5.32 Å². The normalized spacial score (nSPS) is 16.7. The number of nitrogens with one attached hydrogen (secondary N) is 1. The highest BCUT2D eigenvalue weighted by molar-refractivity contribution is 6.15. The highest BCUT2D eigenvalue weighted by atomic mass is 19.1. The summed E-state index contributed by atoms with van der Waals surface area (Å²) in [7, 11) is 0. The Morgan fingerprint density at radius 3 is 2.57 bits per heavy atom. The van der Waals surface area contributed by atoms with Gasteiger partial charge in [-0.2, -0.15) is 0 Å². The summed E-state index contributed by atoms with van der Waals surface area (Å²) in [6.07, 6.45) is 2.33. The van der Waals surface area contributed by atoms with Crippen LogP contribution in [0.5, 0.6) is 0 Å². The molecule has 0 bridgehead atoms. The van der Waals surface area contributed by atoms with E-state index in [1.165, 1.54) is 26.1 Å². The van der Waals surface area contributed by atoms with Gasteiger partial charge in [-0.1, -0.05) is 6.07 Å². The number of cyclic esters (lactones) is 2. The molecule has 1 aliphatic heterocycles. The van der Waals surface area contributed by atoms with E-state index in [1.807, 2.05) is 0 Å². The van der Waals surface area contributed by atoms with Gasteiger partial charge in [-0.25, -0.2) is 14.0 Å². The first-order chi connectivity index (χ1) is 10.8. The summed E-state index contributed by atoms with van der Waals surface area (Å²) in [4.78, 5) is 27.6. The number of hydrogen-bond donors (Lipinski definition) is 1. The van der Waals surface area contributed by atoms with Crippen molar-refractivity contribution < 1.29 is 23.5 Å². The number of benzene rings is 1. The summed E-state index contributed by atoms with van der Waals surface area (Å²) in [5.41, 5.74) is 0.913. The third kappa shape index (κ3) is 3.13. The van der Waals surface area contributed by atoms with Crippen molar-refractivity contribution in [1.82, 2.24) is 4.98 Å². The van der Waals surface area contributed by atoms with Gasteiger partial charge in [-0.15, -0.1) is 0 Å². The number of aromatic nitrogens is 1. The largest absolute Gasteiger partial charge is 0.419 e. The second kappa shape index (κ2) is 5.35. The van der Waals surface area contributed by atoms with Crippen LogP contribution in [-0.2, 0) is 19.1 Å². The van der Waals surface area contributed by atoms with E-state index in [0.29, 0.717) is 16.6 Å². The van der Waals surface area contributed by atoms with Crippen LogP contribution in [0.2, 0.25) is 0 Å². The van der Waals surface area contributed by atoms with E-state index in [4.69, 9.17) is 9.47 Å². The van der Waals surface area contributed by atoms with Gasteiger partial charge in [-0.3, -0.25) is 4.98 Å². The van der Waals surface area contributed by atoms with Crippen molar-refractivity contribution in [3.8, 4) is 0 Å². The molecule has 1 aromatic heterocycles. The molecule has 1 fully saturated rings. The molecule has 0 spiro atoms. The maximum absolute atomic E-state index is 13.1. The Labute approximate surface area is 130 Å². The number of anilines is 1. The Bertz CT molecular complexity index is 823. The Morgan fingerprint density at radius 1 is 1.17 bits per heavy atom. The molecule has 3 rings (SSSR count). The zero-order valence-corrected chi connectivity index (χ0v) is 12.4. The molecule has 0 aliphatic carbocycles. The third-order valence-corrected chi connectivity index (χ3v) is 3.15. The summed E-state index contributed by atoms with van der Waals surface area (Å²) in [6, 6.07) is 6.37. The summed E-state index contributed by atoms with van der Waals surface area (Å²) >= 11 is 0. The van der Waals surface area contributed by atoms with Crippen LogP contribution in [0.4, 0.5) is 10.1 Å². The van der Waals surface area contributed by atoms with E-state index in [-0.39, 0.29) is 5.57 Å². The molecule has 23 heavy (non-hydrogen) atoms. The predicted molar refractivity (Wildman–Crippen MR) is 79.7 cm³/mol. The highest BCUT2D eigenvalue weighted by Gasteiger charge is 2.38. The predicted octanol–water partition coefficient (Wildman–Crippen LogP) is 2.51. The minimum absolute atomic E-state index is 0.239. The fraction of sp³-hybridized carbons (Fsp3) is 0.188. The molecule has 7 heteroatoms. The fourth-order valence-corrected chi connectivity index (χ4v) is 2.12.